The van der Waals surface area contributed by atoms with E-state index in [1.807, 2.05) is 35.0 Å². The molecule has 1 heterocycles. The molecule has 0 amide bonds. The van der Waals surface area contributed by atoms with Gasteiger partial charge in [0.1, 0.15) is 25.5 Å². The Morgan fingerprint density at radius 1 is 0.695 bits per heavy atom. The van der Waals surface area contributed by atoms with E-state index in [2.05, 4.69) is 13.8 Å². The van der Waals surface area contributed by atoms with Crippen LogP contribution in [0.5, 0.6) is 0 Å². The fourth-order valence-corrected chi connectivity index (χ4v) is 8.30. The molecule has 1 saturated heterocycles. The predicted octanol–water partition coefficient (Wildman–Crippen LogP) is 11.2. The first-order valence-electron chi connectivity index (χ1n) is 23.9. The molecule has 1 fully saturated rings. The van der Waals surface area contributed by atoms with Crippen molar-refractivity contribution in [3.63, 3.8) is 0 Å². The molecule has 1 aliphatic rings. The van der Waals surface area contributed by atoms with Crippen molar-refractivity contribution in [2.75, 3.05) is 54.1 Å². The van der Waals surface area contributed by atoms with Gasteiger partial charge in [0, 0.05) is 12.8 Å². The molecule has 3 atom stereocenters. The lowest BCUT2D eigenvalue weighted by Crippen LogP contribution is -2.49. The lowest BCUT2D eigenvalue weighted by molar-refractivity contribution is -0.870. The van der Waals surface area contributed by atoms with Crippen LogP contribution in [0.25, 0.3) is 0 Å². The van der Waals surface area contributed by atoms with Gasteiger partial charge in [-0.25, -0.2) is 0 Å². The molecule has 0 bridgehead atoms. The Labute approximate surface area is 361 Å². The van der Waals surface area contributed by atoms with Crippen molar-refractivity contribution in [3.8, 4) is 0 Å². The van der Waals surface area contributed by atoms with Gasteiger partial charge in [-0.2, -0.15) is 5.06 Å². The number of likely N-dealkylation sites (N-methyl/N-ethyl adjacent to an activating group) is 1. The van der Waals surface area contributed by atoms with Crippen LogP contribution in [0.4, 0.5) is 0 Å². The van der Waals surface area contributed by atoms with Crippen LogP contribution in [-0.4, -0.2) is 98.2 Å². The van der Waals surface area contributed by atoms with Crippen LogP contribution in [0.3, 0.4) is 0 Å². The fourth-order valence-electron chi connectivity index (χ4n) is 7.57. The Morgan fingerprint density at radius 2 is 1.14 bits per heavy atom. The van der Waals surface area contributed by atoms with E-state index in [0.29, 0.717) is 24.1 Å². The van der Waals surface area contributed by atoms with Gasteiger partial charge in [0.05, 0.1) is 39.9 Å². The second-order valence-electron chi connectivity index (χ2n) is 18.8. The molecule has 350 valence electrons. The van der Waals surface area contributed by atoms with E-state index in [1.165, 1.54) is 108 Å². The molecule has 0 aromatic heterocycles. The molecule has 0 aliphatic carbocycles. The molecular weight excluding hydrogens is 771 g/mol. The van der Waals surface area contributed by atoms with Crippen LogP contribution in [0.2, 0.25) is 0 Å². The normalized spacial score (nSPS) is 18.5. The first-order valence-corrected chi connectivity index (χ1v) is 25.4. The zero-order valence-corrected chi connectivity index (χ0v) is 40.0. The number of phosphoric acid groups is 1. The van der Waals surface area contributed by atoms with E-state index in [-0.39, 0.29) is 31.6 Å². The molecule has 1 rings (SSSR count). The maximum atomic E-state index is 12.7. The summed E-state index contributed by atoms with van der Waals surface area (Å²) in [6.45, 7) is 8.61. The van der Waals surface area contributed by atoms with Gasteiger partial charge in [-0.3, -0.25) is 14.2 Å². The van der Waals surface area contributed by atoms with Gasteiger partial charge < -0.3 is 37.8 Å². The van der Waals surface area contributed by atoms with Crippen molar-refractivity contribution in [3.05, 3.63) is 0 Å². The smallest absolute Gasteiger partial charge is 0.306 e. The summed E-state index contributed by atoms with van der Waals surface area (Å²) in [5.74, 6) is -0.853. The number of quaternary nitrogens is 1. The molecule has 59 heavy (non-hydrogen) atoms. The number of rotatable bonds is 40. The van der Waals surface area contributed by atoms with Crippen LogP contribution >= 0.6 is 7.82 Å². The Kier molecular flexibility index (Phi) is 30.8. The van der Waals surface area contributed by atoms with Gasteiger partial charge >= 0.3 is 11.9 Å². The fraction of sp³-hybridized carbons (Fsp3) is 0.957. The van der Waals surface area contributed by atoms with Crippen molar-refractivity contribution in [2.24, 2.45) is 0 Å². The van der Waals surface area contributed by atoms with Crippen molar-refractivity contribution < 1.29 is 52.0 Å². The van der Waals surface area contributed by atoms with E-state index in [0.717, 1.165) is 64.2 Å². The highest BCUT2D eigenvalue weighted by Crippen LogP contribution is 2.39. The number of unbranched alkanes of at least 4 members (excludes halogenated alkanes) is 23. The monoisotopic (exact) mass is 863 g/mol. The van der Waals surface area contributed by atoms with Crippen molar-refractivity contribution in [2.45, 2.75) is 231 Å². The Morgan fingerprint density at radius 3 is 1.56 bits per heavy atom. The van der Waals surface area contributed by atoms with Crippen molar-refractivity contribution >= 4 is 19.8 Å². The van der Waals surface area contributed by atoms with Crippen LogP contribution in [-0.2, 0) is 37.4 Å². The number of hydrogen-bond acceptors (Lipinski definition) is 11. The second kappa shape index (κ2) is 32.5. The second-order valence-corrected chi connectivity index (χ2v) is 20.2. The van der Waals surface area contributed by atoms with E-state index < -0.39 is 38.2 Å². The third kappa shape index (κ3) is 29.0. The van der Waals surface area contributed by atoms with Crippen LogP contribution < -0.4 is 4.89 Å². The zero-order valence-electron chi connectivity index (χ0n) is 39.1. The maximum absolute atomic E-state index is 12.7. The summed E-state index contributed by atoms with van der Waals surface area (Å²) in [7, 11) is 1.14. The van der Waals surface area contributed by atoms with Crippen molar-refractivity contribution in [1.82, 2.24) is 5.06 Å². The molecule has 0 radical (unpaired) electrons. The van der Waals surface area contributed by atoms with E-state index in [1.54, 1.807) is 0 Å². The molecule has 2 unspecified atom stereocenters. The van der Waals surface area contributed by atoms with Gasteiger partial charge in [-0.1, -0.05) is 155 Å². The van der Waals surface area contributed by atoms with Crippen LogP contribution in [0.1, 0.15) is 214 Å². The van der Waals surface area contributed by atoms with Gasteiger partial charge in [0.2, 0.25) is 0 Å². The number of carbonyl (C=O) groups excluding carboxylic acids is 2. The highest BCUT2D eigenvalue weighted by molar-refractivity contribution is 7.45. The number of hydroxylamine groups is 2. The van der Waals surface area contributed by atoms with Crippen LogP contribution in [0.15, 0.2) is 0 Å². The molecule has 0 aromatic carbocycles. The lowest BCUT2D eigenvalue weighted by atomic mass is 9.98. The SMILES string of the molecule is CCCCCCCCCCCCCCCC(=O)OC[C@H](COP(=O)([O-])OCC[N+](C)(C)C)OC(=O)CCCCCCCCCCCCCCC1(CC)OCC(C)(C)N1O. The minimum atomic E-state index is -4.64. The topological polar surface area (TPSA) is 144 Å². The minimum absolute atomic E-state index is 0.0379. The number of carbonyl (C=O) groups is 2. The summed E-state index contributed by atoms with van der Waals surface area (Å²) < 4.78 is 40.0. The lowest BCUT2D eigenvalue weighted by Gasteiger charge is -2.36. The summed E-state index contributed by atoms with van der Waals surface area (Å²) in [6, 6.07) is 0. The third-order valence-electron chi connectivity index (χ3n) is 11.5. The summed E-state index contributed by atoms with van der Waals surface area (Å²) in [6.07, 6.45) is 30.2. The van der Waals surface area contributed by atoms with E-state index in [4.69, 9.17) is 23.3 Å². The number of esters is 2. The average molecular weight is 863 g/mol. The predicted molar refractivity (Wildman–Crippen MR) is 235 cm³/mol. The van der Waals surface area contributed by atoms with Gasteiger partial charge in [0.15, 0.2) is 6.10 Å². The highest BCUT2D eigenvalue weighted by Gasteiger charge is 2.50. The van der Waals surface area contributed by atoms with Gasteiger partial charge in [0.25, 0.3) is 7.82 Å². The highest BCUT2D eigenvalue weighted by atomic mass is 31.2. The van der Waals surface area contributed by atoms with Crippen molar-refractivity contribution in [1.29, 1.82) is 0 Å². The molecule has 0 saturated carbocycles. The molecule has 12 nitrogen and oxygen atoms in total. The van der Waals surface area contributed by atoms with Gasteiger partial charge in [-0.15, -0.1) is 0 Å². The maximum Gasteiger partial charge on any atom is 0.306 e. The number of nitrogens with zero attached hydrogens (tertiary/aromatic N) is 2. The average Bonchev–Trinajstić information content (AvgIpc) is 3.41. The molecule has 0 aromatic rings. The number of phosphoric ester groups is 1. The number of hydrogen-bond donors (Lipinski definition) is 1. The first-order chi connectivity index (χ1) is 28.1. The van der Waals surface area contributed by atoms with E-state index in [9.17, 15) is 24.3 Å². The standard InChI is InChI=1S/C46H91N2O10P/c1-8-10-11-12-13-14-15-16-19-22-25-28-31-34-43(49)54-39-42(40-57-59(52,53)56-38-37-48(5,6)7)58-44(50)35-32-29-26-23-20-17-18-21-24-27-30-33-36-46(9-2)47(51)45(3,4)41-55-46/h42,51H,8-41H2,1-7H3/t42-,46?/m1/s1. The largest absolute Gasteiger partial charge is 0.756 e. The molecular formula is C46H91N2O10P. The molecule has 1 aliphatic heterocycles. The quantitative estimate of drug-likeness (QED) is 0.0272. The van der Waals surface area contributed by atoms with Gasteiger partial charge in [-0.05, 0) is 46.0 Å². The number of ether oxygens (including phenoxy) is 3. The third-order valence-corrected chi connectivity index (χ3v) is 12.5. The summed E-state index contributed by atoms with van der Waals surface area (Å²) in [5, 5.41) is 12.1. The van der Waals surface area contributed by atoms with Crippen LogP contribution in [0, 0.1) is 0 Å². The zero-order chi connectivity index (χ0) is 43.9. The first kappa shape index (κ1) is 55.9. The minimum Gasteiger partial charge on any atom is -0.756 e. The molecule has 1 N–H and O–H groups in total. The molecule has 0 spiro atoms. The summed E-state index contributed by atoms with van der Waals surface area (Å²) >= 11 is 0. The summed E-state index contributed by atoms with van der Waals surface area (Å²) in [5.41, 5.74) is -0.864. The molecule has 13 heteroatoms. The Balaban J connectivity index is 2.26. The Hall–Kier alpha value is -1.11. The Bertz CT molecular complexity index is 1120. The summed E-state index contributed by atoms with van der Waals surface area (Å²) in [4.78, 5) is 37.6. The van der Waals surface area contributed by atoms with E-state index >= 15 is 0 Å².